The summed E-state index contributed by atoms with van der Waals surface area (Å²) < 4.78 is 32.5. The highest BCUT2D eigenvalue weighted by atomic mass is 32.1. The first-order chi connectivity index (χ1) is 13.5. The molecule has 1 atom stereocenters. The Balaban J connectivity index is 1.41. The van der Waals surface area contributed by atoms with Gasteiger partial charge in [-0.3, -0.25) is 9.59 Å². The molecule has 144 valence electrons. The third-order valence-electron chi connectivity index (χ3n) is 4.45. The molecule has 0 bridgehead atoms. The van der Waals surface area contributed by atoms with Crippen molar-refractivity contribution in [1.82, 2.24) is 9.88 Å². The Labute approximate surface area is 162 Å². The fourth-order valence-corrected chi connectivity index (χ4v) is 3.76. The predicted molar refractivity (Wildman–Crippen MR) is 98.3 cm³/mol. The van der Waals surface area contributed by atoms with Gasteiger partial charge in [0.2, 0.25) is 11.8 Å². The Morgan fingerprint density at radius 1 is 1.36 bits per heavy atom. The first-order valence-electron chi connectivity index (χ1n) is 8.51. The van der Waals surface area contributed by atoms with Crippen LogP contribution in [-0.4, -0.2) is 28.2 Å². The van der Waals surface area contributed by atoms with Crippen LogP contribution >= 0.6 is 11.3 Å². The highest BCUT2D eigenvalue weighted by molar-refractivity contribution is 7.14. The number of likely N-dealkylation sites (tertiary alicyclic amines) is 1. The van der Waals surface area contributed by atoms with Gasteiger partial charge in [0.15, 0.2) is 5.13 Å². The van der Waals surface area contributed by atoms with Gasteiger partial charge in [-0.15, -0.1) is 11.3 Å². The number of carbonyl (C=O) groups excluding carboxylic acids is 2. The maximum absolute atomic E-state index is 13.9. The van der Waals surface area contributed by atoms with Crippen LogP contribution in [0.3, 0.4) is 0 Å². The number of benzene rings is 1. The van der Waals surface area contributed by atoms with Crippen LogP contribution in [-0.2, 0) is 16.1 Å². The van der Waals surface area contributed by atoms with Crippen LogP contribution in [0.2, 0.25) is 0 Å². The van der Waals surface area contributed by atoms with Gasteiger partial charge in [0.05, 0.1) is 24.4 Å². The second-order valence-electron chi connectivity index (χ2n) is 6.41. The van der Waals surface area contributed by atoms with Crippen molar-refractivity contribution >= 4 is 28.3 Å². The molecule has 6 nitrogen and oxygen atoms in total. The number of nitrogens with zero attached hydrogens (tertiary/aromatic N) is 2. The second-order valence-corrected chi connectivity index (χ2v) is 7.26. The number of halogens is 2. The van der Waals surface area contributed by atoms with Gasteiger partial charge >= 0.3 is 0 Å². The molecule has 1 aliphatic rings. The molecule has 1 aromatic carbocycles. The molecule has 2 aromatic heterocycles. The lowest BCUT2D eigenvalue weighted by Gasteiger charge is -2.14. The van der Waals surface area contributed by atoms with E-state index in [1.54, 1.807) is 17.0 Å². The number of carbonyl (C=O) groups is 2. The third-order valence-corrected chi connectivity index (χ3v) is 5.21. The van der Waals surface area contributed by atoms with Gasteiger partial charge in [0.1, 0.15) is 17.4 Å². The van der Waals surface area contributed by atoms with Crippen molar-refractivity contribution in [2.75, 3.05) is 11.9 Å². The highest BCUT2D eigenvalue weighted by Gasteiger charge is 2.35. The van der Waals surface area contributed by atoms with Gasteiger partial charge in [-0.05, 0) is 30.3 Å². The largest absolute Gasteiger partial charge is 0.467 e. The van der Waals surface area contributed by atoms with Crippen molar-refractivity contribution in [3.8, 4) is 11.3 Å². The van der Waals surface area contributed by atoms with Crippen LogP contribution in [0.5, 0.6) is 0 Å². The summed E-state index contributed by atoms with van der Waals surface area (Å²) in [6, 6.07) is 6.61. The van der Waals surface area contributed by atoms with E-state index in [4.69, 9.17) is 4.42 Å². The Morgan fingerprint density at radius 3 is 3.00 bits per heavy atom. The van der Waals surface area contributed by atoms with Gasteiger partial charge in [-0.2, -0.15) is 0 Å². The smallest absolute Gasteiger partial charge is 0.231 e. The van der Waals surface area contributed by atoms with Gasteiger partial charge in [-0.1, -0.05) is 0 Å². The summed E-state index contributed by atoms with van der Waals surface area (Å²) >= 11 is 1.11. The Bertz CT molecular complexity index is 1020. The normalized spacial score (nSPS) is 16.6. The molecule has 3 aromatic rings. The predicted octanol–water partition coefficient (Wildman–Crippen LogP) is 3.67. The maximum atomic E-state index is 13.9. The van der Waals surface area contributed by atoms with Gasteiger partial charge in [-0.25, -0.2) is 13.8 Å². The molecule has 0 radical (unpaired) electrons. The summed E-state index contributed by atoms with van der Waals surface area (Å²) in [7, 11) is 0. The van der Waals surface area contributed by atoms with Crippen LogP contribution < -0.4 is 5.32 Å². The van der Waals surface area contributed by atoms with E-state index < -0.39 is 17.6 Å². The molecular weight excluding hydrogens is 388 g/mol. The van der Waals surface area contributed by atoms with E-state index in [2.05, 4.69) is 10.3 Å². The Kier molecular flexibility index (Phi) is 4.91. The van der Waals surface area contributed by atoms with Crippen LogP contribution in [0.1, 0.15) is 12.2 Å². The minimum absolute atomic E-state index is 0.0254. The lowest BCUT2D eigenvalue weighted by atomic mass is 10.1. The van der Waals surface area contributed by atoms with Crippen molar-refractivity contribution in [1.29, 1.82) is 0 Å². The molecule has 1 fully saturated rings. The number of anilines is 1. The van der Waals surface area contributed by atoms with E-state index >= 15 is 0 Å². The molecular formula is C19H15F2N3O3S. The van der Waals surface area contributed by atoms with Crippen molar-refractivity contribution in [2.24, 2.45) is 5.92 Å². The van der Waals surface area contributed by atoms with E-state index in [1.165, 1.54) is 11.6 Å². The summed E-state index contributed by atoms with van der Waals surface area (Å²) in [5.41, 5.74) is 0.261. The number of nitrogens with one attached hydrogen (secondary N) is 1. The van der Waals surface area contributed by atoms with Crippen molar-refractivity contribution < 1.29 is 22.8 Å². The number of thiazole rings is 1. The van der Waals surface area contributed by atoms with Crippen LogP contribution in [0, 0.1) is 17.6 Å². The lowest BCUT2D eigenvalue weighted by Crippen LogP contribution is -2.27. The zero-order chi connectivity index (χ0) is 19.7. The molecule has 3 heterocycles. The molecule has 0 saturated carbocycles. The van der Waals surface area contributed by atoms with E-state index in [-0.39, 0.29) is 41.2 Å². The maximum Gasteiger partial charge on any atom is 0.231 e. The molecule has 9 heteroatoms. The van der Waals surface area contributed by atoms with Crippen molar-refractivity contribution in [3.05, 3.63) is 59.4 Å². The van der Waals surface area contributed by atoms with E-state index in [1.807, 2.05) is 0 Å². The molecule has 4 rings (SSSR count). The molecule has 2 amide bonds. The van der Waals surface area contributed by atoms with E-state index in [9.17, 15) is 18.4 Å². The van der Waals surface area contributed by atoms with Crippen molar-refractivity contribution in [2.45, 2.75) is 13.0 Å². The zero-order valence-corrected chi connectivity index (χ0v) is 15.3. The summed E-state index contributed by atoms with van der Waals surface area (Å²) in [5, 5.41) is 4.46. The molecule has 1 N–H and O–H groups in total. The number of amides is 2. The third kappa shape index (κ3) is 3.79. The number of furan rings is 1. The van der Waals surface area contributed by atoms with Gasteiger partial charge < -0.3 is 14.6 Å². The van der Waals surface area contributed by atoms with Crippen LogP contribution in [0.25, 0.3) is 11.3 Å². The first kappa shape index (κ1) is 18.3. The fourth-order valence-electron chi connectivity index (χ4n) is 3.05. The monoisotopic (exact) mass is 403 g/mol. The summed E-state index contributed by atoms with van der Waals surface area (Å²) in [5.74, 6) is -1.50. The molecule has 1 unspecified atom stereocenters. The van der Waals surface area contributed by atoms with Crippen molar-refractivity contribution in [3.63, 3.8) is 0 Å². The summed E-state index contributed by atoms with van der Waals surface area (Å²) in [6.45, 7) is 0.595. The Hall–Kier alpha value is -3.07. The van der Waals surface area contributed by atoms with Gasteiger partial charge in [0, 0.05) is 23.9 Å². The Morgan fingerprint density at radius 2 is 2.21 bits per heavy atom. The van der Waals surface area contributed by atoms with Crippen LogP contribution in [0.15, 0.2) is 46.4 Å². The molecule has 0 spiro atoms. The van der Waals surface area contributed by atoms with Gasteiger partial charge in [0.25, 0.3) is 0 Å². The fraction of sp³-hybridized carbons (Fsp3) is 0.211. The molecule has 1 saturated heterocycles. The number of aromatic nitrogens is 1. The lowest BCUT2D eigenvalue weighted by molar-refractivity contribution is -0.128. The first-order valence-corrected chi connectivity index (χ1v) is 9.39. The average molecular weight is 403 g/mol. The average Bonchev–Trinajstić information content (AvgIpc) is 3.40. The second kappa shape index (κ2) is 7.51. The van der Waals surface area contributed by atoms with Crippen LogP contribution in [0.4, 0.5) is 13.9 Å². The SMILES string of the molecule is O=C(Nc1nc(-c2cc(F)ccc2F)cs1)C1CC(=O)N(Cc2ccco2)C1. The summed E-state index contributed by atoms with van der Waals surface area (Å²) in [6.07, 6.45) is 1.63. The minimum atomic E-state index is -0.598. The quantitative estimate of drug-likeness (QED) is 0.705. The molecule has 0 aliphatic carbocycles. The topological polar surface area (TPSA) is 75.4 Å². The number of hydrogen-bond donors (Lipinski definition) is 1. The molecule has 28 heavy (non-hydrogen) atoms. The number of rotatable bonds is 5. The minimum Gasteiger partial charge on any atom is -0.467 e. The standard InChI is InChI=1S/C19H15F2N3O3S/c20-12-3-4-15(21)14(7-12)16-10-28-19(22-16)23-18(26)11-6-17(25)24(8-11)9-13-2-1-5-27-13/h1-5,7,10-11H,6,8-9H2,(H,22,23,26). The highest BCUT2D eigenvalue weighted by Crippen LogP contribution is 2.29. The van der Waals surface area contributed by atoms with E-state index in [0.29, 0.717) is 12.3 Å². The number of hydrogen-bond acceptors (Lipinski definition) is 5. The van der Waals surface area contributed by atoms with E-state index in [0.717, 1.165) is 29.5 Å². The zero-order valence-electron chi connectivity index (χ0n) is 14.5. The summed E-state index contributed by atoms with van der Waals surface area (Å²) in [4.78, 5) is 30.4. The molecule has 1 aliphatic heterocycles.